The fourth-order valence-corrected chi connectivity index (χ4v) is 0.731. The molecule has 0 spiro atoms. The van der Waals surface area contributed by atoms with Crippen molar-refractivity contribution in [2.75, 3.05) is 20.2 Å². The van der Waals surface area contributed by atoms with E-state index in [1.165, 1.54) is 0 Å². The van der Waals surface area contributed by atoms with Crippen LogP contribution in [0.5, 0.6) is 0 Å². The zero-order chi connectivity index (χ0) is 9.40. The lowest BCUT2D eigenvalue weighted by Crippen LogP contribution is -2.17. The Morgan fingerprint density at radius 2 is 2.25 bits per heavy atom. The molecule has 0 amide bonds. The minimum atomic E-state index is -0.0754. The van der Waals surface area contributed by atoms with Crippen LogP contribution in [0.3, 0.4) is 0 Å². The van der Waals surface area contributed by atoms with Crippen molar-refractivity contribution in [1.82, 2.24) is 5.32 Å². The standard InChI is InChI=1S/C9H19NO2/c1-4-8(2)9(11)12-7-5-6-10-3/h8,10H,4-7H2,1-3H3. The molecule has 3 heteroatoms. The Balaban J connectivity index is 3.31. The molecule has 1 unspecified atom stereocenters. The van der Waals surface area contributed by atoms with Gasteiger partial charge < -0.3 is 10.1 Å². The summed E-state index contributed by atoms with van der Waals surface area (Å²) in [6, 6.07) is 0. The van der Waals surface area contributed by atoms with Crippen LogP contribution in [0.2, 0.25) is 0 Å². The zero-order valence-electron chi connectivity index (χ0n) is 8.22. The van der Waals surface area contributed by atoms with Crippen LogP contribution in [0.1, 0.15) is 26.7 Å². The Bertz CT molecular complexity index is 126. The van der Waals surface area contributed by atoms with Crippen molar-refractivity contribution in [2.45, 2.75) is 26.7 Å². The summed E-state index contributed by atoms with van der Waals surface area (Å²) in [6.45, 7) is 5.30. The van der Waals surface area contributed by atoms with Crippen LogP contribution in [0, 0.1) is 5.92 Å². The third-order valence-electron chi connectivity index (χ3n) is 1.83. The first-order valence-corrected chi connectivity index (χ1v) is 4.53. The lowest BCUT2D eigenvalue weighted by molar-refractivity contribution is -0.148. The van der Waals surface area contributed by atoms with Crippen LogP contribution < -0.4 is 5.32 Å². The molecule has 0 fully saturated rings. The highest BCUT2D eigenvalue weighted by Crippen LogP contribution is 2.02. The molecule has 0 saturated heterocycles. The fraction of sp³-hybridized carbons (Fsp3) is 0.889. The van der Waals surface area contributed by atoms with Gasteiger partial charge in [-0.15, -0.1) is 0 Å². The molecular weight excluding hydrogens is 154 g/mol. The molecule has 72 valence electrons. The van der Waals surface area contributed by atoms with Crippen LogP contribution in [-0.2, 0) is 9.53 Å². The monoisotopic (exact) mass is 173 g/mol. The molecule has 1 atom stereocenters. The topological polar surface area (TPSA) is 38.3 Å². The van der Waals surface area contributed by atoms with Crippen molar-refractivity contribution in [3.05, 3.63) is 0 Å². The summed E-state index contributed by atoms with van der Waals surface area (Å²) < 4.78 is 5.02. The van der Waals surface area contributed by atoms with Gasteiger partial charge in [-0.3, -0.25) is 4.79 Å². The van der Waals surface area contributed by atoms with Crippen molar-refractivity contribution in [3.63, 3.8) is 0 Å². The Labute approximate surface area is 74.5 Å². The van der Waals surface area contributed by atoms with Gasteiger partial charge in [0.05, 0.1) is 12.5 Å². The van der Waals surface area contributed by atoms with Gasteiger partial charge in [-0.1, -0.05) is 13.8 Å². The van der Waals surface area contributed by atoms with Crippen LogP contribution in [0.15, 0.2) is 0 Å². The van der Waals surface area contributed by atoms with Gasteiger partial charge in [-0.2, -0.15) is 0 Å². The average molecular weight is 173 g/mol. The van der Waals surface area contributed by atoms with E-state index in [0.717, 1.165) is 19.4 Å². The van der Waals surface area contributed by atoms with Crippen molar-refractivity contribution >= 4 is 5.97 Å². The fourth-order valence-electron chi connectivity index (χ4n) is 0.731. The quantitative estimate of drug-likeness (QED) is 0.484. The molecule has 0 aliphatic heterocycles. The number of esters is 1. The smallest absolute Gasteiger partial charge is 0.308 e. The summed E-state index contributed by atoms with van der Waals surface area (Å²) >= 11 is 0. The van der Waals surface area contributed by atoms with E-state index in [1.54, 1.807) is 0 Å². The third-order valence-corrected chi connectivity index (χ3v) is 1.83. The van der Waals surface area contributed by atoms with E-state index in [-0.39, 0.29) is 11.9 Å². The molecule has 1 N–H and O–H groups in total. The van der Waals surface area contributed by atoms with Crippen molar-refractivity contribution in [3.8, 4) is 0 Å². The molecule has 0 saturated carbocycles. The number of hydrogen-bond donors (Lipinski definition) is 1. The van der Waals surface area contributed by atoms with Crippen molar-refractivity contribution in [1.29, 1.82) is 0 Å². The molecule has 0 radical (unpaired) electrons. The van der Waals surface area contributed by atoms with Gasteiger partial charge in [0, 0.05) is 0 Å². The third kappa shape index (κ3) is 5.13. The highest BCUT2D eigenvalue weighted by atomic mass is 16.5. The molecule has 0 rings (SSSR count). The average Bonchev–Trinajstić information content (AvgIpc) is 2.10. The normalized spacial score (nSPS) is 12.6. The second-order valence-electron chi connectivity index (χ2n) is 2.93. The van der Waals surface area contributed by atoms with Crippen LogP contribution in [-0.4, -0.2) is 26.2 Å². The Kier molecular flexibility index (Phi) is 6.76. The number of ether oxygens (including phenoxy) is 1. The minimum absolute atomic E-state index is 0.0413. The number of nitrogens with one attached hydrogen (secondary N) is 1. The van der Waals surface area contributed by atoms with Gasteiger partial charge in [-0.05, 0) is 26.4 Å². The minimum Gasteiger partial charge on any atom is -0.465 e. The van der Waals surface area contributed by atoms with E-state index in [2.05, 4.69) is 5.32 Å². The highest BCUT2D eigenvalue weighted by molar-refractivity contribution is 5.71. The molecule has 0 aromatic carbocycles. The Morgan fingerprint density at radius 1 is 1.58 bits per heavy atom. The van der Waals surface area contributed by atoms with Crippen molar-refractivity contribution < 1.29 is 9.53 Å². The first kappa shape index (κ1) is 11.4. The molecule has 0 aliphatic carbocycles. The predicted molar refractivity (Wildman–Crippen MR) is 49.0 cm³/mol. The Morgan fingerprint density at radius 3 is 2.75 bits per heavy atom. The molecule has 0 aliphatic rings. The summed E-state index contributed by atoms with van der Waals surface area (Å²) in [7, 11) is 1.89. The van der Waals surface area contributed by atoms with E-state index in [1.807, 2.05) is 20.9 Å². The Hall–Kier alpha value is -0.570. The molecule has 0 heterocycles. The van der Waals surface area contributed by atoms with Gasteiger partial charge in [0.15, 0.2) is 0 Å². The molecule has 0 bridgehead atoms. The maximum Gasteiger partial charge on any atom is 0.308 e. The van der Waals surface area contributed by atoms with E-state index >= 15 is 0 Å². The SMILES string of the molecule is CCC(C)C(=O)OCCCNC. The van der Waals surface area contributed by atoms with Gasteiger partial charge in [0.1, 0.15) is 0 Å². The second-order valence-corrected chi connectivity index (χ2v) is 2.93. The largest absolute Gasteiger partial charge is 0.465 e. The van der Waals surface area contributed by atoms with Gasteiger partial charge >= 0.3 is 5.97 Å². The number of carbonyl (C=O) groups excluding carboxylic acids is 1. The lowest BCUT2D eigenvalue weighted by Gasteiger charge is -2.08. The molecule has 0 aromatic rings. The van der Waals surface area contributed by atoms with E-state index in [9.17, 15) is 4.79 Å². The summed E-state index contributed by atoms with van der Waals surface area (Å²) in [5, 5.41) is 2.99. The summed E-state index contributed by atoms with van der Waals surface area (Å²) in [6.07, 6.45) is 1.74. The van der Waals surface area contributed by atoms with E-state index < -0.39 is 0 Å². The first-order valence-electron chi connectivity index (χ1n) is 4.53. The summed E-state index contributed by atoms with van der Waals surface area (Å²) in [5.74, 6) is -0.0341. The second kappa shape index (κ2) is 7.10. The summed E-state index contributed by atoms with van der Waals surface area (Å²) in [5.41, 5.74) is 0. The number of carbonyl (C=O) groups is 1. The molecule has 0 aromatic heterocycles. The predicted octanol–water partition coefficient (Wildman–Crippen LogP) is 1.19. The number of hydrogen-bond acceptors (Lipinski definition) is 3. The van der Waals surface area contributed by atoms with Gasteiger partial charge in [0.25, 0.3) is 0 Å². The lowest BCUT2D eigenvalue weighted by atomic mass is 10.1. The summed E-state index contributed by atoms with van der Waals surface area (Å²) in [4.78, 5) is 11.1. The van der Waals surface area contributed by atoms with Crippen LogP contribution in [0.4, 0.5) is 0 Å². The van der Waals surface area contributed by atoms with E-state index in [4.69, 9.17) is 4.74 Å². The highest BCUT2D eigenvalue weighted by Gasteiger charge is 2.10. The molecular formula is C9H19NO2. The van der Waals surface area contributed by atoms with Crippen LogP contribution in [0.25, 0.3) is 0 Å². The maximum absolute atomic E-state index is 11.1. The first-order chi connectivity index (χ1) is 5.72. The zero-order valence-corrected chi connectivity index (χ0v) is 8.22. The number of rotatable bonds is 6. The maximum atomic E-state index is 11.1. The van der Waals surface area contributed by atoms with E-state index in [0.29, 0.717) is 6.61 Å². The molecule has 12 heavy (non-hydrogen) atoms. The van der Waals surface area contributed by atoms with Crippen LogP contribution >= 0.6 is 0 Å². The van der Waals surface area contributed by atoms with Gasteiger partial charge in [0.2, 0.25) is 0 Å². The molecule has 3 nitrogen and oxygen atoms in total. The van der Waals surface area contributed by atoms with Crippen molar-refractivity contribution in [2.24, 2.45) is 5.92 Å². The van der Waals surface area contributed by atoms with Gasteiger partial charge in [-0.25, -0.2) is 0 Å².